The van der Waals surface area contributed by atoms with E-state index in [1.807, 2.05) is 26.8 Å². The van der Waals surface area contributed by atoms with E-state index in [0.717, 1.165) is 15.5 Å². The zero-order valence-electron chi connectivity index (χ0n) is 16.3. The van der Waals surface area contributed by atoms with Crippen molar-refractivity contribution < 1.29 is 24.2 Å². The normalized spacial score (nSPS) is 10.2. The molecule has 0 radical (unpaired) electrons. The average molecular weight is 351 g/mol. The van der Waals surface area contributed by atoms with Gasteiger partial charge in [-0.05, 0) is 45.4 Å². The van der Waals surface area contributed by atoms with E-state index >= 15 is 0 Å². The van der Waals surface area contributed by atoms with Crippen molar-refractivity contribution in [3.05, 3.63) is 35.5 Å². The first-order valence-corrected chi connectivity index (χ1v) is 8.10. The number of aryl methyl sites for hydroxylation is 1. The van der Waals surface area contributed by atoms with Gasteiger partial charge in [0.05, 0.1) is 5.52 Å². The van der Waals surface area contributed by atoms with Gasteiger partial charge in [0.15, 0.2) is 0 Å². The fourth-order valence-electron chi connectivity index (χ4n) is 2.04. The molecule has 0 aliphatic carbocycles. The van der Waals surface area contributed by atoms with Gasteiger partial charge in [0, 0.05) is 19.6 Å². The largest absolute Gasteiger partial charge is 0.477 e. The second-order valence-electron chi connectivity index (χ2n) is 6.07. The van der Waals surface area contributed by atoms with Gasteiger partial charge >= 0.3 is 12.1 Å². The summed E-state index contributed by atoms with van der Waals surface area (Å²) in [7, 11) is 3.25. The number of methoxy groups -OCH3 is 1. The van der Waals surface area contributed by atoms with E-state index in [1.54, 1.807) is 47.1 Å². The summed E-state index contributed by atoms with van der Waals surface area (Å²) < 4.78 is 10.6. The fraction of sp³-hybridized carbons (Fsp3) is 0.474. The Balaban J connectivity index is 0.00000104. The first-order valence-electron chi connectivity index (χ1n) is 8.10. The Hall–Kier alpha value is -2.34. The summed E-state index contributed by atoms with van der Waals surface area (Å²) in [6, 6.07) is 6.85. The minimum atomic E-state index is -1.16. The summed E-state index contributed by atoms with van der Waals surface area (Å²) in [6.45, 7) is 11.1. The zero-order chi connectivity index (χ0) is 19.8. The monoisotopic (exact) mass is 351 g/mol. The molecule has 1 aromatic carbocycles. The van der Waals surface area contributed by atoms with Crippen LogP contribution < -0.4 is 0 Å². The van der Waals surface area contributed by atoms with Gasteiger partial charge in [-0.1, -0.05) is 26.0 Å². The molecule has 0 spiro atoms. The summed E-state index contributed by atoms with van der Waals surface area (Å²) in [6.07, 6.45) is -0.685. The average Bonchev–Trinajstić information content (AvgIpc) is 2.90. The van der Waals surface area contributed by atoms with Crippen LogP contribution in [0.15, 0.2) is 24.3 Å². The minimum absolute atomic E-state index is 0.0939. The van der Waals surface area contributed by atoms with E-state index in [4.69, 9.17) is 4.74 Å². The van der Waals surface area contributed by atoms with Crippen LogP contribution in [0.3, 0.4) is 0 Å². The highest BCUT2D eigenvalue weighted by Gasteiger charge is 2.25. The molecule has 140 valence electrons. The van der Waals surface area contributed by atoms with E-state index < -0.39 is 17.7 Å². The third kappa shape index (κ3) is 6.23. The molecule has 6 nitrogen and oxygen atoms in total. The molecule has 0 atom stereocenters. The van der Waals surface area contributed by atoms with E-state index in [-0.39, 0.29) is 5.69 Å². The first-order chi connectivity index (χ1) is 11.6. The van der Waals surface area contributed by atoms with E-state index in [0.29, 0.717) is 5.52 Å². The molecule has 2 rings (SSSR count). The molecule has 1 aromatic heterocycles. The molecular formula is C19H29NO5. The van der Waals surface area contributed by atoms with Gasteiger partial charge in [0.1, 0.15) is 11.3 Å². The number of hydrogen-bond acceptors (Lipinski definition) is 4. The molecule has 1 N–H and O–H groups in total. The molecule has 0 unspecified atom stereocenters. The lowest BCUT2D eigenvalue weighted by atomic mass is 10.1. The highest BCUT2D eigenvalue weighted by atomic mass is 16.6. The van der Waals surface area contributed by atoms with Crippen LogP contribution in [0.1, 0.15) is 50.7 Å². The highest BCUT2D eigenvalue weighted by Crippen LogP contribution is 2.24. The Labute approximate surface area is 149 Å². The smallest absolute Gasteiger partial charge is 0.419 e. The molecule has 0 fully saturated rings. The summed E-state index contributed by atoms with van der Waals surface area (Å²) in [5, 5.41) is 10.0. The molecule has 25 heavy (non-hydrogen) atoms. The molecule has 2 aromatic rings. The predicted molar refractivity (Wildman–Crippen MR) is 99.5 cm³/mol. The van der Waals surface area contributed by atoms with Gasteiger partial charge in [-0.2, -0.15) is 0 Å². The van der Waals surface area contributed by atoms with Crippen molar-refractivity contribution in [1.82, 2.24) is 4.57 Å². The van der Waals surface area contributed by atoms with E-state index in [2.05, 4.69) is 4.74 Å². The van der Waals surface area contributed by atoms with Gasteiger partial charge in [-0.3, -0.25) is 0 Å². The van der Waals surface area contributed by atoms with Crippen LogP contribution in [-0.2, 0) is 9.47 Å². The first kappa shape index (κ1) is 22.7. The van der Waals surface area contributed by atoms with E-state index in [1.165, 1.54) is 6.07 Å². The molecule has 0 aliphatic rings. The summed E-state index contributed by atoms with van der Waals surface area (Å²) in [4.78, 5) is 23.6. The number of carbonyl (C=O) groups excluding carboxylic acids is 1. The number of rotatable bonds is 1. The number of ether oxygens (including phenoxy) is 2. The number of benzene rings is 1. The SMILES string of the molecule is CC.COC.Cc1cccc2c1cc(C(=O)O)n2C(=O)OC(C)(C)C. The Morgan fingerprint density at radius 1 is 1.12 bits per heavy atom. The molecular weight excluding hydrogens is 322 g/mol. The number of fused-ring (bicyclic) bond motifs is 1. The summed E-state index contributed by atoms with van der Waals surface area (Å²) in [5.41, 5.74) is 0.667. The summed E-state index contributed by atoms with van der Waals surface area (Å²) in [5.74, 6) is -1.16. The Bertz CT molecular complexity index is 710. The fourth-order valence-corrected chi connectivity index (χ4v) is 2.04. The molecule has 1 heterocycles. The predicted octanol–water partition coefficient (Wildman–Crippen LogP) is 4.72. The number of nitrogens with zero attached hydrogens (tertiary/aromatic N) is 1. The maximum absolute atomic E-state index is 12.2. The third-order valence-electron chi connectivity index (χ3n) is 2.86. The molecule has 0 bridgehead atoms. The van der Waals surface area contributed by atoms with Crippen molar-refractivity contribution in [2.45, 2.75) is 47.1 Å². The number of aromatic nitrogens is 1. The number of carboxylic acids is 1. The maximum atomic E-state index is 12.2. The quantitative estimate of drug-likeness (QED) is 0.804. The lowest BCUT2D eigenvalue weighted by Crippen LogP contribution is -2.28. The zero-order valence-corrected chi connectivity index (χ0v) is 16.3. The van der Waals surface area contributed by atoms with Crippen LogP contribution >= 0.6 is 0 Å². The van der Waals surface area contributed by atoms with Crippen LogP contribution in [0.2, 0.25) is 0 Å². The number of hydrogen-bond donors (Lipinski definition) is 1. The van der Waals surface area contributed by atoms with Crippen molar-refractivity contribution in [3.8, 4) is 0 Å². The Morgan fingerprint density at radius 3 is 2.08 bits per heavy atom. The van der Waals surface area contributed by atoms with Gasteiger partial charge in [-0.15, -0.1) is 0 Å². The molecule has 0 aliphatic heterocycles. The van der Waals surface area contributed by atoms with Gasteiger partial charge < -0.3 is 14.6 Å². The van der Waals surface area contributed by atoms with Crippen molar-refractivity contribution in [1.29, 1.82) is 0 Å². The summed E-state index contributed by atoms with van der Waals surface area (Å²) >= 11 is 0. The van der Waals surface area contributed by atoms with Crippen LogP contribution in [0.5, 0.6) is 0 Å². The van der Waals surface area contributed by atoms with Crippen molar-refractivity contribution in [3.63, 3.8) is 0 Å². The van der Waals surface area contributed by atoms with Gasteiger partial charge in [0.25, 0.3) is 0 Å². The van der Waals surface area contributed by atoms with Crippen molar-refractivity contribution in [2.75, 3.05) is 14.2 Å². The lowest BCUT2D eigenvalue weighted by Gasteiger charge is -2.20. The maximum Gasteiger partial charge on any atom is 0.419 e. The second-order valence-corrected chi connectivity index (χ2v) is 6.07. The molecule has 0 saturated heterocycles. The van der Waals surface area contributed by atoms with Crippen molar-refractivity contribution in [2.24, 2.45) is 0 Å². The molecule has 0 amide bonds. The van der Waals surface area contributed by atoms with Gasteiger partial charge in [0.2, 0.25) is 0 Å². The number of carbonyl (C=O) groups is 2. The Morgan fingerprint density at radius 2 is 1.64 bits per heavy atom. The molecule has 0 saturated carbocycles. The topological polar surface area (TPSA) is 77.8 Å². The van der Waals surface area contributed by atoms with Crippen LogP contribution in [0, 0.1) is 6.92 Å². The van der Waals surface area contributed by atoms with Crippen LogP contribution in [0.25, 0.3) is 10.9 Å². The highest BCUT2D eigenvalue weighted by molar-refractivity contribution is 6.01. The Kier molecular flexibility index (Phi) is 8.91. The third-order valence-corrected chi connectivity index (χ3v) is 2.86. The minimum Gasteiger partial charge on any atom is -0.477 e. The van der Waals surface area contributed by atoms with Gasteiger partial charge in [-0.25, -0.2) is 14.2 Å². The second kappa shape index (κ2) is 9.84. The number of carboxylic acid groups (broad SMARTS) is 1. The molecule has 6 heteroatoms. The lowest BCUT2D eigenvalue weighted by molar-refractivity contribution is 0.0513. The van der Waals surface area contributed by atoms with Crippen molar-refractivity contribution >= 4 is 23.0 Å². The van der Waals surface area contributed by atoms with Crippen LogP contribution in [0.4, 0.5) is 4.79 Å². The van der Waals surface area contributed by atoms with E-state index in [9.17, 15) is 14.7 Å². The van der Waals surface area contributed by atoms with Crippen LogP contribution in [-0.4, -0.2) is 41.6 Å². The number of aromatic carboxylic acids is 1. The standard InChI is InChI=1S/C15H17NO4.C2H6O.C2H6/c1-9-6-5-7-11-10(9)8-12(13(17)18)16(11)14(19)20-15(2,3)4;1-3-2;1-2/h5-8H,1-4H3,(H,17,18);1-2H3;1-2H3.